The predicted molar refractivity (Wildman–Crippen MR) is 64.7 cm³/mol. The molecule has 2 aromatic rings. The van der Waals surface area contributed by atoms with Crippen LogP contribution in [0.3, 0.4) is 0 Å². The zero-order chi connectivity index (χ0) is 15.0. The largest absolute Gasteiger partial charge is 0.391 e. The second kappa shape index (κ2) is 5.41. The molecule has 0 fully saturated rings. The molecule has 4 atom stereocenters. The average molecular weight is 288 g/mol. The number of aliphatic hydroxyl groups is 4. The van der Waals surface area contributed by atoms with Crippen molar-refractivity contribution in [3.63, 3.8) is 0 Å². The molecule has 110 valence electrons. The molecule has 1 heterocycles. The molecule has 2 rings (SSSR count). The van der Waals surface area contributed by atoms with E-state index in [9.17, 15) is 24.1 Å². The first-order chi connectivity index (χ1) is 9.31. The summed E-state index contributed by atoms with van der Waals surface area (Å²) < 4.78 is 26.1. The first-order valence-corrected chi connectivity index (χ1v) is 5.88. The van der Waals surface area contributed by atoms with E-state index in [2.05, 4.69) is 9.97 Å². The molecule has 0 aliphatic heterocycles. The highest BCUT2D eigenvalue weighted by atomic mass is 19.2. The first kappa shape index (κ1) is 14.8. The van der Waals surface area contributed by atoms with Gasteiger partial charge in [0, 0.05) is 12.1 Å². The summed E-state index contributed by atoms with van der Waals surface area (Å²) >= 11 is 0. The van der Waals surface area contributed by atoms with Crippen LogP contribution in [0.15, 0.2) is 12.1 Å². The highest BCUT2D eigenvalue weighted by Crippen LogP contribution is 2.22. The van der Waals surface area contributed by atoms with Gasteiger partial charge in [0.15, 0.2) is 11.6 Å². The van der Waals surface area contributed by atoms with Gasteiger partial charge < -0.3 is 25.4 Å². The van der Waals surface area contributed by atoms with Gasteiger partial charge in [-0.2, -0.15) is 0 Å². The van der Waals surface area contributed by atoms with Crippen molar-refractivity contribution in [1.29, 1.82) is 0 Å². The standard InChI is InChI=1S/C12H14F2N2O4/c1-4(17)9(18)10(19)11(20)12-15-7-2-5(13)6(14)3-8(7)16-12/h2-4,9-11,17-20H,1H3,(H,15,16)/t4?,9-,10-,11?/m0/s1. The number of halogens is 2. The maximum absolute atomic E-state index is 13.0. The summed E-state index contributed by atoms with van der Waals surface area (Å²) in [6.07, 6.45) is -6.20. The Morgan fingerprint density at radius 3 is 2.25 bits per heavy atom. The third-order valence-corrected chi connectivity index (χ3v) is 2.99. The number of rotatable bonds is 4. The van der Waals surface area contributed by atoms with E-state index < -0.39 is 36.1 Å². The third-order valence-electron chi connectivity index (χ3n) is 2.99. The molecule has 20 heavy (non-hydrogen) atoms. The molecule has 8 heteroatoms. The molecular weight excluding hydrogens is 274 g/mol. The van der Waals surface area contributed by atoms with Gasteiger partial charge in [0.1, 0.15) is 24.1 Å². The van der Waals surface area contributed by atoms with Gasteiger partial charge >= 0.3 is 0 Å². The molecule has 0 aliphatic carbocycles. The second-order valence-corrected chi connectivity index (χ2v) is 4.57. The van der Waals surface area contributed by atoms with Crippen LogP contribution in [0, 0.1) is 11.6 Å². The van der Waals surface area contributed by atoms with E-state index in [-0.39, 0.29) is 16.9 Å². The van der Waals surface area contributed by atoms with Crippen molar-refractivity contribution in [1.82, 2.24) is 9.97 Å². The Balaban J connectivity index is 2.33. The number of hydrogen-bond donors (Lipinski definition) is 5. The van der Waals surface area contributed by atoms with Crippen LogP contribution in [0.1, 0.15) is 18.9 Å². The summed E-state index contributed by atoms with van der Waals surface area (Å²) in [5.74, 6) is -2.33. The Kier molecular flexibility index (Phi) is 4.00. The fourth-order valence-corrected chi connectivity index (χ4v) is 1.80. The van der Waals surface area contributed by atoms with Gasteiger partial charge in [-0.1, -0.05) is 0 Å². The summed E-state index contributed by atoms with van der Waals surface area (Å²) in [6, 6.07) is 1.71. The summed E-state index contributed by atoms with van der Waals surface area (Å²) in [5, 5.41) is 38.1. The van der Waals surface area contributed by atoms with Crippen molar-refractivity contribution in [2.75, 3.05) is 0 Å². The van der Waals surface area contributed by atoms with Gasteiger partial charge in [-0.25, -0.2) is 13.8 Å². The minimum absolute atomic E-state index is 0.0664. The van der Waals surface area contributed by atoms with Gasteiger partial charge in [0.05, 0.1) is 17.1 Å². The molecule has 0 saturated carbocycles. The maximum atomic E-state index is 13.0. The molecule has 0 aliphatic rings. The minimum atomic E-state index is -1.70. The monoisotopic (exact) mass is 288 g/mol. The number of aromatic nitrogens is 2. The van der Waals surface area contributed by atoms with Crippen LogP contribution in [-0.2, 0) is 0 Å². The first-order valence-electron chi connectivity index (χ1n) is 5.88. The number of hydrogen-bond acceptors (Lipinski definition) is 5. The number of aromatic amines is 1. The number of benzene rings is 1. The van der Waals surface area contributed by atoms with E-state index in [1.54, 1.807) is 0 Å². The van der Waals surface area contributed by atoms with E-state index in [4.69, 9.17) is 5.11 Å². The lowest BCUT2D eigenvalue weighted by Crippen LogP contribution is -2.39. The number of aliphatic hydroxyl groups excluding tert-OH is 4. The fourth-order valence-electron chi connectivity index (χ4n) is 1.80. The maximum Gasteiger partial charge on any atom is 0.161 e. The average Bonchev–Trinajstić information content (AvgIpc) is 2.79. The molecule has 0 radical (unpaired) electrons. The van der Waals surface area contributed by atoms with E-state index in [1.807, 2.05) is 0 Å². The van der Waals surface area contributed by atoms with Crippen molar-refractivity contribution < 1.29 is 29.2 Å². The van der Waals surface area contributed by atoms with Crippen molar-refractivity contribution in [3.8, 4) is 0 Å². The number of nitrogens with zero attached hydrogens (tertiary/aromatic N) is 1. The van der Waals surface area contributed by atoms with Crippen LogP contribution >= 0.6 is 0 Å². The Morgan fingerprint density at radius 1 is 1.05 bits per heavy atom. The number of H-pyrrole nitrogens is 1. The molecule has 5 N–H and O–H groups in total. The van der Waals surface area contributed by atoms with Crippen LogP contribution in [0.4, 0.5) is 8.78 Å². The summed E-state index contributed by atoms with van der Waals surface area (Å²) in [6.45, 7) is 1.24. The summed E-state index contributed by atoms with van der Waals surface area (Å²) in [5.41, 5.74) is 0.202. The number of fused-ring (bicyclic) bond motifs is 1. The van der Waals surface area contributed by atoms with Crippen LogP contribution in [-0.4, -0.2) is 48.7 Å². The lowest BCUT2D eigenvalue weighted by atomic mass is 10.0. The van der Waals surface area contributed by atoms with Crippen molar-refractivity contribution >= 4 is 11.0 Å². The van der Waals surface area contributed by atoms with E-state index in [0.717, 1.165) is 12.1 Å². The van der Waals surface area contributed by atoms with Gasteiger partial charge in [0.25, 0.3) is 0 Å². The SMILES string of the molecule is CC(O)[C@H](O)[C@H](O)C(O)c1nc2cc(F)c(F)cc2[nH]1. The molecule has 0 amide bonds. The highest BCUT2D eigenvalue weighted by molar-refractivity contribution is 5.75. The molecular formula is C12H14F2N2O4. The molecule has 2 unspecified atom stereocenters. The third kappa shape index (κ3) is 2.63. The smallest absolute Gasteiger partial charge is 0.161 e. The molecule has 0 spiro atoms. The highest BCUT2D eigenvalue weighted by Gasteiger charge is 2.31. The topological polar surface area (TPSA) is 110 Å². The molecule has 0 saturated heterocycles. The Bertz CT molecular complexity index is 578. The Labute approximate surface area is 112 Å². The van der Waals surface area contributed by atoms with E-state index >= 15 is 0 Å². The molecule has 6 nitrogen and oxygen atoms in total. The molecule has 1 aromatic carbocycles. The van der Waals surface area contributed by atoms with Gasteiger partial charge in [-0.3, -0.25) is 0 Å². The lowest BCUT2D eigenvalue weighted by molar-refractivity contribution is -0.103. The van der Waals surface area contributed by atoms with Crippen LogP contribution in [0.25, 0.3) is 11.0 Å². The van der Waals surface area contributed by atoms with Gasteiger partial charge in [0.2, 0.25) is 0 Å². The van der Waals surface area contributed by atoms with Crippen LogP contribution in [0.5, 0.6) is 0 Å². The van der Waals surface area contributed by atoms with Crippen molar-refractivity contribution in [3.05, 3.63) is 29.6 Å². The van der Waals surface area contributed by atoms with Gasteiger partial charge in [-0.05, 0) is 6.92 Å². The van der Waals surface area contributed by atoms with E-state index in [1.165, 1.54) is 6.92 Å². The fraction of sp³-hybridized carbons (Fsp3) is 0.417. The summed E-state index contributed by atoms with van der Waals surface area (Å²) in [7, 11) is 0. The normalized spacial score (nSPS) is 17.9. The Morgan fingerprint density at radius 2 is 1.65 bits per heavy atom. The van der Waals surface area contributed by atoms with E-state index in [0.29, 0.717) is 0 Å². The lowest BCUT2D eigenvalue weighted by Gasteiger charge is -2.23. The minimum Gasteiger partial charge on any atom is -0.391 e. The number of nitrogens with one attached hydrogen (secondary N) is 1. The van der Waals surface area contributed by atoms with Crippen LogP contribution in [0.2, 0.25) is 0 Å². The molecule has 0 bridgehead atoms. The summed E-state index contributed by atoms with van der Waals surface area (Å²) in [4.78, 5) is 6.33. The predicted octanol–water partition coefficient (Wildman–Crippen LogP) is -0.0229. The van der Waals surface area contributed by atoms with Crippen molar-refractivity contribution in [2.45, 2.75) is 31.3 Å². The van der Waals surface area contributed by atoms with Crippen molar-refractivity contribution in [2.24, 2.45) is 0 Å². The van der Waals surface area contributed by atoms with Gasteiger partial charge in [-0.15, -0.1) is 0 Å². The zero-order valence-corrected chi connectivity index (χ0v) is 10.5. The molecule has 1 aromatic heterocycles. The van der Waals surface area contributed by atoms with Crippen LogP contribution < -0.4 is 0 Å². The number of imidazole rings is 1. The quantitative estimate of drug-likeness (QED) is 0.543. The second-order valence-electron chi connectivity index (χ2n) is 4.57. The Hall–Kier alpha value is -1.61. The zero-order valence-electron chi connectivity index (χ0n) is 10.5.